The number of ether oxygens (including phenoxy) is 2. The average molecular weight is 262 g/mol. The lowest BCUT2D eigenvalue weighted by Gasteiger charge is -2.23. The normalized spacial score (nSPS) is 11.3. The van der Waals surface area contributed by atoms with E-state index in [0.29, 0.717) is 0 Å². The highest BCUT2D eigenvalue weighted by Crippen LogP contribution is 2.16. The first-order chi connectivity index (χ1) is 8.41. The second kappa shape index (κ2) is 7.41. The molecular formula is C10H14O8. The van der Waals surface area contributed by atoms with E-state index >= 15 is 0 Å². The fraction of sp³-hybridized carbons (Fsp3) is 0.500. The molecule has 0 aromatic carbocycles. The van der Waals surface area contributed by atoms with E-state index in [4.69, 9.17) is 15.3 Å². The second-order valence-corrected chi connectivity index (χ2v) is 3.37. The Bertz CT molecular complexity index is 342. The van der Waals surface area contributed by atoms with Crippen LogP contribution in [0.25, 0.3) is 0 Å². The van der Waals surface area contributed by atoms with Gasteiger partial charge in [-0.05, 0) is 0 Å². The monoisotopic (exact) mass is 262 g/mol. The summed E-state index contributed by atoms with van der Waals surface area (Å²) in [6, 6.07) is 0. The van der Waals surface area contributed by atoms with Crippen LogP contribution in [0.1, 0.15) is 0 Å². The van der Waals surface area contributed by atoms with Gasteiger partial charge in [-0.15, -0.1) is 0 Å². The number of carbonyl (C=O) groups excluding carboxylic acids is 2. The first-order valence-electron chi connectivity index (χ1n) is 4.79. The summed E-state index contributed by atoms with van der Waals surface area (Å²) in [5.41, 5.74) is -1.96. The van der Waals surface area contributed by atoms with E-state index in [1.165, 1.54) is 0 Å². The predicted octanol–water partition coefficient (Wildman–Crippen LogP) is -1.69. The first-order valence-corrected chi connectivity index (χ1v) is 4.79. The van der Waals surface area contributed by atoms with Crippen LogP contribution < -0.4 is 0 Å². The van der Waals surface area contributed by atoms with Gasteiger partial charge in [-0.1, -0.05) is 0 Å². The number of aliphatic carboxylic acids is 1. The van der Waals surface area contributed by atoms with Crippen molar-refractivity contribution in [2.24, 2.45) is 5.41 Å². The Balaban J connectivity index is 4.46. The van der Waals surface area contributed by atoms with Crippen LogP contribution in [0, 0.1) is 5.41 Å². The van der Waals surface area contributed by atoms with Crippen molar-refractivity contribution < 1.29 is 39.2 Å². The van der Waals surface area contributed by atoms with Crippen molar-refractivity contribution in [2.45, 2.75) is 0 Å². The Hall–Kier alpha value is -1.93. The highest BCUT2D eigenvalue weighted by molar-refractivity contribution is 5.91. The molecule has 0 aliphatic rings. The zero-order valence-electron chi connectivity index (χ0n) is 9.66. The number of hydrogen-bond donors (Lipinski definition) is 3. The molecule has 0 rings (SSSR count). The molecular weight excluding hydrogens is 248 g/mol. The van der Waals surface area contributed by atoms with Gasteiger partial charge in [0.2, 0.25) is 0 Å². The maximum atomic E-state index is 11.1. The molecule has 0 aromatic rings. The van der Waals surface area contributed by atoms with Gasteiger partial charge in [0.15, 0.2) is 0 Å². The Morgan fingerprint density at radius 1 is 1.11 bits per heavy atom. The second-order valence-electron chi connectivity index (χ2n) is 3.37. The van der Waals surface area contributed by atoms with E-state index in [1.807, 2.05) is 0 Å². The highest BCUT2D eigenvalue weighted by Gasteiger charge is 2.39. The van der Waals surface area contributed by atoms with Crippen LogP contribution >= 0.6 is 0 Å². The minimum absolute atomic E-state index is 0.723. The summed E-state index contributed by atoms with van der Waals surface area (Å²) in [5.74, 6) is -3.27. The number of esters is 2. The predicted molar refractivity (Wildman–Crippen MR) is 56.4 cm³/mol. The van der Waals surface area contributed by atoms with Gasteiger partial charge in [-0.3, -0.25) is 4.79 Å². The van der Waals surface area contributed by atoms with Crippen molar-refractivity contribution >= 4 is 17.9 Å². The van der Waals surface area contributed by atoms with Gasteiger partial charge in [0.1, 0.15) is 12.0 Å². The van der Waals surface area contributed by atoms with Gasteiger partial charge in [0.25, 0.3) is 0 Å². The number of carbonyl (C=O) groups is 3. The molecule has 0 heterocycles. The molecule has 3 N–H and O–H groups in total. The summed E-state index contributed by atoms with van der Waals surface area (Å²) in [4.78, 5) is 32.5. The molecule has 0 aliphatic heterocycles. The van der Waals surface area contributed by atoms with Crippen LogP contribution in [-0.2, 0) is 23.9 Å². The molecule has 0 amide bonds. The number of aliphatic hydroxyl groups excluding tert-OH is 2. The van der Waals surface area contributed by atoms with Crippen molar-refractivity contribution in [3.63, 3.8) is 0 Å². The lowest BCUT2D eigenvalue weighted by atomic mass is 9.91. The molecule has 0 bridgehead atoms. The van der Waals surface area contributed by atoms with Crippen LogP contribution in [0.4, 0.5) is 0 Å². The van der Waals surface area contributed by atoms with E-state index in [-0.39, 0.29) is 0 Å². The van der Waals surface area contributed by atoms with Crippen LogP contribution in [0.15, 0.2) is 12.2 Å². The molecule has 0 radical (unpaired) electrons. The highest BCUT2D eigenvalue weighted by atomic mass is 16.5. The lowest BCUT2D eigenvalue weighted by molar-refractivity contribution is -0.163. The van der Waals surface area contributed by atoms with Gasteiger partial charge in [0, 0.05) is 12.2 Å². The number of carboxylic acid groups (broad SMARTS) is 1. The Morgan fingerprint density at radius 3 is 2.00 bits per heavy atom. The molecule has 0 atom stereocenters. The van der Waals surface area contributed by atoms with Gasteiger partial charge in [-0.25, -0.2) is 9.59 Å². The molecule has 8 nitrogen and oxygen atoms in total. The summed E-state index contributed by atoms with van der Waals surface area (Å²) in [6.07, 6.45) is 1.54. The minimum Gasteiger partial charge on any atom is -0.481 e. The lowest BCUT2D eigenvalue weighted by Crippen LogP contribution is -2.43. The van der Waals surface area contributed by atoms with Gasteiger partial charge in [-0.2, -0.15) is 0 Å². The molecule has 102 valence electrons. The standard InChI is InChI=1S/C10H14O8/c1-17-7(13)2-3-8(14)18-6-10(4-11,5-12)9(15)16/h2-3,11-12H,4-6H2,1H3,(H,15,16)/b3-2+. The van der Waals surface area contributed by atoms with Crippen molar-refractivity contribution in [3.05, 3.63) is 12.2 Å². The molecule has 8 heteroatoms. The number of methoxy groups -OCH3 is 1. The molecule has 0 unspecified atom stereocenters. The summed E-state index contributed by atoms with van der Waals surface area (Å²) < 4.78 is 8.73. The summed E-state index contributed by atoms with van der Waals surface area (Å²) in [6.45, 7) is -2.51. The minimum atomic E-state index is -1.96. The van der Waals surface area contributed by atoms with Crippen molar-refractivity contribution in [1.82, 2.24) is 0 Å². The SMILES string of the molecule is COC(=O)/C=C/C(=O)OCC(CO)(CO)C(=O)O. The molecule has 0 aliphatic carbocycles. The topological polar surface area (TPSA) is 130 Å². The third-order valence-corrected chi connectivity index (χ3v) is 2.11. The number of rotatable bonds is 7. The van der Waals surface area contributed by atoms with E-state index in [1.54, 1.807) is 0 Å². The molecule has 0 saturated heterocycles. The maximum absolute atomic E-state index is 11.1. The molecule has 0 spiro atoms. The van der Waals surface area contributed by atoms with E-state index in [9.17, 15) is 14.4 Å². The molecule has 18 heavy (non-hydrogen) atoms. The van der Waals surface area contributed by atoms with Crippen LogP contribution in [-0.4, -0.2) is 60.2 Å². The van der Waals surface area contributed by atoms with E-state index in [0.717, 1.165) is 19.3 Å². The number of aliphatic hydroxyl groups is 2. The van der Waals surface area contributed by atoms with Crippen molar-refractivity contribution in [2.75, 3.05) is 26.9 Å². The van der Waals surface area contributed by atoms with Gasteiger partial charge >= 0.3 is 17.9 Å². The number of hydrogen-bond acceptors (Lipinski definition) is 7. The molecule has 0 aromatic heterocycles. The Kier molecular flexibility index (Phi) is 6.61. The summed E-state index contributed by atoms with van der Waals surface area (Å²) >= 11 is 0. The zero-order valence-corrected chi connectivity index (χ0v) is 9.66. The Morgan fingerprint density at radius 2 is 1.61 bits per heavy atom. The number of carboxylic acids is 1. The van der Waals surface area contributed by atoms with E-state index in [2.05, 4.69) is 9.47 Å². The zero-order chi connectivity index (χ0) is 14.2. The largest absolute Gasteiger partial charge is 0.481 e. The first kappa shape index (κ1) is 16.1. The molecule has 0 fully saturated rings. The molecule has 0 saturated carbocycles. The van der Waals surface area contributed by atoms with Crippen molar-refractivity contribution in [1.29, 1.82) is 0 Å². The van der Waals surface area contributed by atoms with Gasteiger partial charge < -0.3 is 24.8 Å². The summed E-state index contributed by atoms with van der Waals surface area (Å²) in [7, 11) is 1.12. The van der Waals surface area contributed by atoms with Crippen molar-refractivity contribution in [3.8, 4) is 0 Å². The van der Waals surface area contributed by atoms with Crippen LogP contribution in [0.2, 0.25) is 0 Å². The fourth-order valence-electron chi connectivity index (χ4n) is 0.800. The summed E-state index contributed by atoms with van der Waals surface area (Å²) in [5, 5.41) is 26.6. The van der Waals surface area contributed by atoms with E-state index < -0.39 is 43.1 Å². The van der Waals surface area contributed by atoms with Crippen LogP contribution in [0.3, 0.4) is 0 Å². The average Bonchev–Trinajstić information content (AvgIpc) is 2.37. The fourth-order valence-corrected chi connectivity index (χ4v) is 0.800. The van der Waals surface area contributed by atoms with Gasteiger partial charge in [0.05, 0.1) is 20.3 Å². The smallest absolute Gasteiger partial charge is 0.331 e. The third-order valence-electron chi connectivity index (χ3n) is 2.11. The quantitative estimate of drug-likeness (QED) is 0.366. The Labute approximate surface area is 102 Å². The third kappa shape index (κ3) is 4.52. The van der Waals surface area contributed by atoms with Crippen LogP contribution in [0.5, 0.6) is 0 Å². The maximum Gasteiger partial charge on any atom is 0.331 e.